The molecule has 0 aliphatic heterocycles. The Morgan fingerprint density at radius 2 is 2.00 bits per heavy atom. The number of nitrogens with two attached hydrogens (primary N) is 1. The van der Waals surface area contributed by atoms with Crippen molar-refractivity contribution in [2.75, 3.05) is 11.1 Å². The van der Waals surface area contributed by atoms with Crippen molar-refractivity contribution in [1.82, 2.24) is 0 Å². The van der Waals surface area contributed by atoms with Crippen molar-refractivity contribution in [2.24, 2.45) is 0 Å². The van der Waals surface area contributed by atoms with Crippen LogP contribution in [0.2, 0.25) is 0 Å². The number of benzene rings is 2. The van der Waals surface area contributed by atoms with Gasteiger partial charge in [0.1, 0.15) is 5.75 Å². The Balaban J connectivity index is 2.05. The van der Waals surface area contributed by atoms with Gasteiger partial charge in [-0.25, -0.2) is 0 Å². The lowest BCUT2D eigenvalue weighted by molar-refractivity contribution is -0.122. The minimum absolute atomic E-state index is 0.176. The number of carbonyl (C=O) groups excluding carboxylic acids is 1. The highest BCUT2D eigenvalue weighted by atomic mass is 16.5. The number of ether oxygens (including phenoxy) is 1. The van der Waals surface area contributed by atoms with Crippen LogP contribution in [0.3, 0.4) is 0 Å². The van der Waals surface area contributed by atoms with Gasteiger partial charge in [-0.05, 0) is 49.2 Å². The van der Waals surface area contributed by atoms with Gasteiger partial charge in [0.15, 0.2) is 6.10 Å². The lowest BCUT2D eigenvalue weighted by Gasteiger charge is -2.17. The molecule has 3 N–H and O–H groups in total. The molecule has 0 fully saturated rings. The molecule has 0 heterocycles. The second kappa shape index (κ2) is 6.79. The minimum atomic E-state index is -0.534. The monoisotopic (exact) mass is 284 g/mol. The lowest BCUT2D eigenvalue weighted by Crippen LogP contribution is -2.32. The van der Waals surface area contributed by atoms with Gasteiger partial charge in [-0.2, -0.15) is 0 Å². The van der Waals surface area contributed by atoms with Crippen LogP contribution in [-0.2, 0) is 4.79 Å². The van der Waals surface area contributed by atoms with E-state index in [1.807, 2.05) is 38.1 Å². The topological polar surface area (TPSA) is 64.3 Å². The molecule has 1 amide bonds. The van der Waals surface area contributed by atoms with E-state index in [1.54, 1.807) is 24.3 Å². The first-order valence-corrected chi connectivity index (χ1v) is 6.98. The molecule has 2 aromatic rings. The average molecular weight is 284 g/mol. The zero-order valence-electron chi connectivity index (χ0n) is 12.3. The van der Waals surface area contributed by atoms with Crippen molar-refractivity contribution < 1.29 is 9.53 Å². The summed E-state index contributed by atoms with van der Waals surface area (Å²) in [4.78, 5) is 12.3. The number of nitrogens with one attached hydrogen (secondary N) is 1. The van der Waals surface area contributed by atoms with Crippen LogP contribution in [0.4, 0.5) is 11.4 Å². The van der Waals surface area contributed by atoms with E-state index in [1.165, 1.54) is 0 Å². The second-order valence-electron chi connectivity index (χ2n) is 4.95. The fourth-order valence-corrected chi connectivity index (χ4v) is 2.01. The third-order valence-corrected chi connectivity index (χ3v) is 3.09. The number of carbonyl (C=O) groups is 1. The Bertz CT molecular complexity index is 626. The molecule has 0 spiro atoms. The van der Waals surface area contributed by atoms with Crippen LogP contribution in [-0.4, -0.2) is 12.0 Å². The van der Waals surface area contributed by atoms with Crippen LogP contribution >= 0.6 is 0 Å². The summed E-state index contributed by atoms with van der Waals surface area (Å²) in [6.07, 6.45) is 0.0514. The fraction of sp³-hybridized carbons (Fsp3) is 0.235. The average Bonchev–Trinajstić information content (AvgIpc) is 2.44. The van der Waals surface area contributed by atoms with E-state index in [2.05, 4.69) is 5.32 Å². The molecular formula is C17H20N2O2. The molecule has 0 aliphatic carbocycles. The summed E-state index contributed by atoms with van der Waals surface area (Å²) in [5.41, 5.74) is 8.08. The molecule has 0 aliphatic rings. The van der Waals surface area contributed by atoms with E-state index < -0.39 is 6.10 Å². The van der Waals surface area contributed by atoms with Crippen LogP contribution in [0.1, 0.15) is 18.9 Å². The van der Waals surface area contributed by atoms with Crippen molar-refractivity contribution in [1.29, 1.82) is 0 Å². The van der Waals surface area contributed by atoms with Gasteiger partial charge in [0.2, 0.25) is 0 Å². The van der Waals surface area contributed by atoms with E-state index in [0.29, 0.717) is 23.5 Å². The van der Waals surface area contributed by atoms with Gasteiger partial charge < -0.3 is 15.8 Å². The standard InChI is InChI=1S/C17H20N2O2/c1-3-16(21-15-9-4-6-12(2)10-15)17(20)19-14-8-5-7-13(18)11-14/h4-11,16H,3,18H2,1-2H3,(H,19,20)/t16-/m0/s1. The molecular weight excluding hydrogens is 264 g/mol. The van der Waals surface area contributed by atoms with Crippen molar-refractivity contribution in [3.8, 4) is 5.75 Å². The molecule has 0 saturated heterocycles. The Hall–Kier alpha value is -2.49. The molecule has 0 saturated carbocycles. The number of aryl methyl sites for hydroxylation is 1. The summed E-state index contributed by atoms with van der Waals surface area (Å²) >= 11 is 0. The SMILES string of the molecule is CC[C@H](Oc1cccc(C)c1)C(=O)Nc1cccc(N)c1. The first kappa shape index (κ1) is 14.9. The van der Waals surface area contributed by atoms with Crippen molar-refractivity contribution in [3.63, 3.8) is 0 Å². The third kappa shape index (κ3) is 4.24. The maximum absolute atomic E-state index is 12.3. The van der Waals surface area contributed by atoms with Crippen molar-refractivity contribution >= 4 is 17.3 Å². The minimum Gasteiger partial charge on any atom is -0.481 e. The van der Waals surface area contributed by atoms with Gasteiger partial charge >= 0.3 is 0 Å². The molecule has 0 radical (unpaired) electrons. The molecule has 4 heteroatoms. The summed E-state index contributed by atoms with van der Waals surface area (Å²) in [5.74, 6) is 0.522. The Morgan fingerprint density at radius 1 is 1.24 bits per heavy atom. The zero-order valence-corrected chi connectivity index (χ0v) is 12.3. The summed E-state index contributed by atoms with van der Waals surface area (Å²) < 4.78 is 5.77. The Morgan fingerprint density at radius 3 is 2.67 bits per heavy atom. The van der Waals surface area contributed by atoms with Gasteiger partial charge in [0.05, 0.1) is 0 Å². The maximum Gasteiger partial charge on any atom is 0.265 e. The number of anilines is 2. The van der Waals surface area contributed by atoms with E-state index in [-0.39, 0.29) is 5.91 Å². The van der Waals surface area contributed by atoms with E-state index in [4.69, 9.17) is 10.5 Å². The molecule has 2 rings (SSSR count). The molecule has 21 heavy (non-hydrogen) atoms. The molecule has 4 nitrogen and oxygen atoms in total. The first-order valence-electron chi connectivity index (χ1n) is 6.98. The summed E-state index contributed by atoms with van der Waals surface area (Å²) in [6, 6.07) is 14.8. The molecule has 0 bridgehead atoms. The number of nitrogen functional groups attached to an aromatic ring is 1. The second-order valence-corrected chi connectivity index (χ2v) is 4.95. The summed E-state index contributed by atoms with van der Waals surface area (Å²) in [6.45, 7) is 3.90. The summed E-state index contributed by atoms with van der Waals surface area (Å²) in [5, 5.41) is 2.82. The lowest BCUT2D eigenvalue weighted by atomic mass is 10.2. The Labute approximate surface area is 124 Å². The molecule has 0 aromatic heterocycles. The number of amides is 1. The smallest absolute Gasteiger partial charge is 0.265 e. The van der Waals surface area contributed by atoms with E-state index in [9.17, 15) is 4.79 Å². The van der Waals surface area contributed by atoms with Crippen molar-refractivity contribution in [3.05, 3.63) is 54.1 Å². The van der Waals surface area contributed by atoms with Gasteiger partial charge in [0, 0.05) is 11.4 Å². The summed E-state index contributed by atoms with van der Waals surface area (Å²) in [7, 11) is 0. The molecule has 110 valence electrons. The third-order valence-electron chi connectivity index (χ3n) is 3.09. The highest BCUT2D eigenvalue weighted by Gasteiger charge is 2.18. The molecule has 1 atom stereocenters. The number of rotatable bonds is 5. The highest BCUT2D eigenvalue weighted by molar-refractivity contribution is 5.94. The van der Waals surface area contributed by atoms with Crippen LogP contribution in [0.25, 0.3) is 0 Å². The number of hydrogen-bond donors (Lipinski definition) is 2. The predicted molar refractivity (Wildman–Crippen MR) is 85.4 cm³/mol. The molecule has 2 aromatic carbocycles. The molecule has 0 unspecified atom stereocenters. The predicted octanol–water partition coefficient (Wildman–Crippen LogP) is 3.37. The van der Waals surface area contributed by atoms with Crippen LogP contribution in [0, 0.1) is 6.92 Å². The number of hydrogen-bond acceptors (Lipinski definition) is 3. The van der Waals surface area contributed by atoms with E-state index >= 15 is 0 Å². The fourth-order valence-electron chi connectivity index (χ4n) is 2.01. The van der Waals surface area contributed by atoms with E-state index in [0.717, 1.165) is 5.56 Å². The quantitative estimate of drug-likeness (QED) is 0.827. The van der Waals surface area contributed by atoms with Gasteiger partial charge in [0.25, 0.3) is 5.91 Å². The van der Waals surface area contributed by atoms with Gasteiger partial charge in [-0.1, -0.05) is 25.1 Å². The van der Waals surface area contributed by atoms with Crippen LogP contribution in [0.5, 0.6) is 5.75 Å². The first-order chi connectivity index (χ1) is 10.1. The largest absolute Gasteiger partial charge is 0.481 e. The van der Waals surface area contributed by atoms with Crippen molar-refractivity contribution in [2.45, 2.75) is 26.4 Å². The van der Waals surface area contributed by atoms with Gasteiger partial charge in [-0.15, -0.1) is 0 Å². The normalized spacial score (nSPS) is 11.7. The zero-order chi connectivity index (χ0) is 15.2. The van der Waals surface area contributed by atoms with Gasteiger partial charge in [-0.3, -0.25) is 4.79 Å². The highest BCUT2D eigenvalue weighted by Crippen LogP contribution is 2.17. The Kier molecular flexibility index (Phi) is 4.82. The maximum atomic E-state index is 12.3. The van der Waals surface area contributed by atoms with Crippen LogP contribution in [0.15, 0.2) is 48.5 Å². The van der Waals surface area contributed by atoms with Crippen LogP contribution < -0.4 is 15.8 Å².